The number of rotatable bonds is 4. The highest BCUT2D eigenvalue weighted by molar-refractivity contribution is 5.04. The van der Waals surface area contributed by atoms with Crippen molar-refractivity contribution in [2.75, 3.05) is 7.11 Å². The second-order valence-corrected chi connectivity index (χ2v) is 5.08. The van der Waals surface area contributed by atoms with E-state index in [-0.39, 0.29) is 11.6 Å². The molecule has 0 unspecified atom stereocenters. The molecule has 2 rings (SSSR count). The van der Waals surface area contributed by atoms with Gasteiger partial charge in [0.15, 0.2) is 0 Å². The van der Waals surface area contributed by atoms with Crippen LogP contribution in [0, 0.1) is 0 Å². The first kappa shape index (κ1) is 13.5. The van der Waals surface area contributed by atoms with Crippen molar-refractivity contribution in [3.05, 3.63) is 11.7 Å². The van der Waals surface area contributed by atoms with Gasteiger partial charge in [0.1, 0.15) is 5.60 Å². The first-order chi connectivity index (χ1) is 8.72. The topological polar surface area (TPSA) is 74.2 Å². The van der Waals surface area contributed by atoms with Crippen molar-refractivity contribution in [3.63, 3.8) is 0 Å². The van der Waals surface area contributed by atoms with E-state index in [2.05, 4.69) is 10.1 Å². The molecule has 1 aromatic rings. The molecule has 0 aliphatic heterocycles. The molecule has 102 valence electrons. The van der Waals surface area contributed by atoms with Crippen LogP contribution in [0.15, 0.2) is 4.52 Å². The molecule has 18 heavy (non-hydrogen) atoms. The van der Waals surface area contributed by atoms with Crippen molar-refractivity contribution in [1.82, 2.24) is 10.1 Å². The number of nitrogens with two attached hydrogens (primary N) is 1. The predicted molar refractivity (Wildman–Crippen MR) is 67.9 cm³/mol. The molecule has 1 aromatic heterocycles. The lowest BCUT2D eigenvalue weighted by molar-refractivity contribution is -0.0365. The van der Waals surface area contributed by atoms with Gasteiger partial charge in [-0.05, 0) is 19.3 Å². The molecule has 0 saturated heterocycles. The third kappa shape index (κ3) is 2.57. The smallest absolute Gasteiger partial charge is 0.243 e. The van der Waals surface area contributed by atoms with Crippen LogP contribution in [0.25, 0.3) is 0 Å². The number of methoxy groups -OCH3 is 1. The molecule has 0 spiro atoms. The summed E-state index contributed by atoms with van der Waals surface area (Å²) in [7, 11) is 1.74. The minimum atomic E-state index is -0.369. The Balaban J connectivity index is 2.23. The monoisotopic (exact) mass is 253 g/mol. The summed E-state index contributed by atoms with van der Waals surface area (Å²) >= 11 is 0. The lowest BCUT2D eigenvalue weighted by Crippen LogP contribution is -2.29. The van der Waals surface area contributed by atoms with Crippen molar-refractivity contribution >= 4 is 0 Å². The molecule has 1 aliphatic rings. The van der Waals surface area contributed by atoms with E-state index in [1.807, 2.05) is 6.92 Å². The minimum Gasteiger partial charge on any atom is -0.370 e. The van der Waals surface area contributed by atoms with Gasteiger partial charge in [-0.1, -0.05) is 37.8 Å². The standard InChI is InChI=1S/C13H23N3O2/c1-3-10(14)11-15-12(16-18-11)13(17-2)8-6-4-5-7-9-13/h10H,3-9,14H2,1-2H3/t10-/m0/s1. The van der Waals surface area contributed by atoms with Gasteiger partial charge in [0.25, 0.3) is 0 Å². The molecular formula is C13H23N3O2. The van der Waals surface area contributed by atoms with E-state index in [1.54, 1.807) is 7.11 Å². The summed E-state index contributed by atoms with van der Waals surface area (Å²) in [5.74, 6) is 1.19. The van der Waals surface area contributed by atoms with Crippen LogP contribution < -0.4 is 5.73 Å². The molecule has 0 amide bonds. The van der Waals surface area contributed by atoms with E-state index < -0.39 is 0 Å². The Kier molecular flexibility index (Phi) is 4.35. The fourth-order valence-electron chi connectivity index (χ4n) is 2.56. The van der Waals surface area contributed by atoms with E-state index in [0.29, 0.717) is 11.7 Å². The van der Waals surface area contributed by atoms with Crippen LogP contribution in [0.3, 0.4) is 0 Å². The predicted octanol–water partition coefficient (Wildman–Crippen LogP) is 2.68. The molecule has 1 aliphatic carbocycles. The first-order valence-electron chi connectivity index (χ1n) is 6.86. The Morgan fingerprint density at radius 2 is 2.00 bits per heavy atom. The second-order valence-electron chi connectivity index (χ2n) is 5.08. The van der Waals surface area contributed by atoms with Gasteiger partial charge >= 0.3 is 0 Å². The Morgan fingerprint density at radius 3 is 2.56 bits per heavy atom. The van der Waals surface area contributed by atoms with Crippen molar-refractivity contribution < 1.29 is 9.26 Å². The summed E-state index contributed by atoms with van der Waals surface area (Å²) in [5.41, 5.74) is 5.55. The zero-order valence-electron chi connectivity index (χ0n) is 11.3. The molecule has 0 bridgehead atoms. The van der Waals surface area contributed by atoms with E-state index in [9.17, 15) is 0 Å². The fourth-order valence-corrected chi connectivity index (χ4v) is 2.56. The van der Waals surface area contributed by atoms with E-state index in [0.717, 1.165) is 32.1 Å². The van der Waals surface area contributed by atoms with Crippen molar-refractivity contribution in [2.24, 2.45) is 5.73 Å². The first-order valence-corrected chi connectivity index (χ1v) is 6.86. The van der Waals surface area contributed by atoms with Gasteiger partial charge in [-0.15, -0.1) is 0 Å². The third-order valence-corrected chi connectivity index (χ3v) is 3.91. The van der Waals surface area contributed by atoms with Gasteiger partial charge < -0.3 is 15.0 Å². The lowest BCUT2D eigenvalue weighted by atomic mass is 9.93. The summed E-state index contributed by atoms with van der Waals surface area (Å²) in [5, 5.41) is 4.10. The van der Waals surface area contributed by atoms with Crippen LogP contribution in [0.5, 0.6) is 0 Å². The summed E-state index contributed by atoms with van der Waals surface area (Å²) in [4.78, 5) is 4.46. The fraction of sp³-hybridized carbons (Fsp3) is 0.846. The highest BCUT2D eigenvalue weighted by Crippen LogP contribution is 2.37. The molecule has 2 N–H and O–H groups in total. The summed E-state index contributed by atoms with van der Waals surface area (Å²) in [6.45, 7) is 2.01. The normalized spacial score (nSPS) is 21.5. The summed E-state index contributed by atoms with van der Waals surface area (Å²) in [6, 6.07) is -0.175. The highest BCUT2D eigenvalue weighted by Gasteiger charge is 2.37. The Labute approximate surface area is 108 Å². The zero-order chi connectivity index (χ0) is 13.0. The average molecular weight is 253 g/mol. The maximum atomic E-state index is 5.92. The van der Waals surface area contributed by atoms with Crippen molar-refractivity contribution in [1.29, 1.82) is 0 Å². The van der Waals surface area contributed by atoms with Gasteiger partial charge in [-0.3, -0.25) is 0 Å². The molecule has 1 fully saturated rings. The Bertz CT molecular complexity index is 370. The van der Waals surface area contributed by atoms with Crippen molar-refractivity contribution in [2.45, 2.75) is 63.5 Å². The molecule has 1 heterocycles. The van der Waals surface area contributed by atoms with Gasteiger partial charge in [-0.2, -0.15) is 4.98 Å². The minimum absolute atomic E-state index is 0.175. The van der Waals surface area contributed by atoms with Crippen LogP contribution in [0.2, 0.25) is 0 Å². The largest absolute Gasteiger partial charge is 0.370 e. The number of nitrogens with zero attached hydrogens (tertiary/aromatic N) is 2. The average Bonchev–Trinajstić information content (AvgIpc) is 2.78. The van der Waals surface area contributed by atoms with Crippen LogP contribution >= 0.6 is 0 Å². The van der Waals surface area contributed by atoms with E-state index in [1.165, 1.54) is 12.8 Å². The summed E-state index contributed by atoms with van der Waals surface area (Å²) in [6.07, 6.45) is 7.53. The SMILES string of the molecule is CC[C@H](N)c1nc(C2(OC)CCCCCC2)no1. The molecule has 0 aromatic carbocycles. The molecule has 5 nitrogen and oxygen atoms in total. The van der Waals surface area contributed by atoms with Crippen molar-refractivity contribution in [3.8, 4) is 0 Å². The highest BCUT2D eigenvalue weighted by atomic mass is 16.5. The number of hydrogen-bond acceptors (Lipinski definition) is 5. The summed E-state index contributed by atoms with van der Waals surface area (Å²) < 4.78 is 11.0. The lowest BCUT2D eigenvalue weighted by Gasteiger charge is -2.27. The van der Waals surface area contributed by atoms with E-state index in [4.69, 9.17) is 15.0 Å². The van der Waals surface area contributed by atoms with Gasteiger partial charge in [0, 0.05) is 7.11 Å². The van der Waals surface area contributed by atoms with Crippen LogP contribution in [0.4, 0.5) is 0 Å². The second kappa shape index (κ2) is 5.80. The quantitative estimate of drug-likeness (QED) is 0.835. The third-order valence-electron chi connectivity index (χ3n) is 3.91. The van der Waals surface area contributed by atoms with Gasteiger partial charge in [0.2, 0.25) is 11.7 Å². The zero-order valence-corrected chi connectivity index (χ0v) is 11.3. The number of aromatic nitrogens is 2. The Hall–Kier alpha value is -0.940. The Morgan fingerprint density at radius 1 is 1.33 bits per heavy atom. The number of hydrogen-bond donors (Lipinski definition) is 1. The van der Waals surface area contributed by atoms with E-state index >= 15 is 0 Å². The van der Waals surface area contributed by atoms with Crippen LogP contribution in [-0.4, -0.2) is 17.3 Å². The molecule has 1 saturated carbocycles. The molecule has 0 radical (unpaired) electrons. The molecular weight excluding hydrogens is 230 g/mol. The number of ether oxygens (including phenoxy) is 1. The molecule has 5 heteroatoms. The maximum Gasteiger partial charge on any atom is 0.243 e. The maximum absolute atomic E-state index is 5.92. The van der Waals surface area contributed by atoms with Crippen LogP contribution in [0.1, 0.15) is 69.6 Å². The molecule has 1 atom stereocenters. The van der Waals surface area contributed by atoms with Crippen LogP contribution in [-0.2, 0) is 10.3 Å². The van der Waals surface area contributed by atoms with Gasteiger partial charge in [-0.25, -0.2) is 0 Å². The van der Waals surface area contributed by atoms with Gasteiger partial charge in [0.05, 0.1) is 6.04 Å².